The number of ether oxygens (including phenoxy) is 4. The number of aliphatic hydroxyl groups is 1. The Hall–Kier alpha value is -0.980. The Labute approximate surface area is 124 Å². The minimum atomic E-state index is -0.638. The smallest absolute Gasteiger partial charge is 0.165 e. The van der Waals surface area contributed by atoms with Crippen molar-refractivity contribution in [3.63, 3.8) is 0 Å². The van der Waals surface area contributed by atoms with Gasteiger partial charge in [0.15, 0.2) is 12.1 Å². The molecule has 2 unspecified atom stereocenters. The van der Waals surface area contributed by atoms with Gasteiger partial charge in [-0.2, -0.15) is 0 Å². The lowest BCUT2D eigenvalue weighted by molar-refractivity contribution is -0.240. The first-order valence-corrected chi connectivity index (χ1v) is 7.33. The second kappa shape index (κ2) is 6.02. The first-order valence-electron chi connectivity index (χ1n) is 7.33. The SMILES string of the molecule is CC1(C)OC2C(CO)[C@H](OCc3ccccc3)OC[C@@H]2O1. The molecule has 2 saturated heterocycles. The van der Waals surface area contributed by atoms with Gasteiger partial charge in [0.1, 0.15) is 6.10 Å². The quantitative estimate of drug-likeness (QED) is 0.916. The third-order valence-corrected chi connectivity index (χ3v) is 3.89. The fourth-order valence-corrected chi connectivity index (χ4v) is 2.94. The van der Waals surface area contributed by atoms with Crippen LogP contribution in [0.1, 0.15) is 19.4 Å². The zero-order valence-electron chi connectivity index (χ0n) is 12.4. The third-order valence-electron chi connectivity index (χ3n) is 3.89. The average molecular weight is 294 g/mol. The van der Waals surface area contributed by atoms with Gasteiger partial charge in [0.2, 0.25) is 0 Å². The molecule has 5 heteroatoms. The zero-order chi connectivity index (χ0) is 14.9. The molecule has 2 heterocycles. The first-order chi connectivity index (χ1) is 10.1. The van der Waals surface area contributed by atoms with Gasteiger partial charge in [-0.25, -0.2) is 0 Å². The molecule has 0 saturated carbocycles. The maximum atomic E-state index is 9.68. The summed E-state index contributed by atoms with van der Waals surface area (Å²) < 4.78 is 23.2. The lowest BCUT2D eigenvalue weighted by atomic mass is 9.95. The van der Waals surface area contributed by atoms with E-state index in [9.17, 15) is 5.11 Å². The highest BCUT2D eigenvalue weighted by Gasteiger charge is 2.51. The normalized spacial score (nSPS) is 34.6. The fraction of sp³-hybridized carbons (Fsp3) is 0.625. The minimum absolute atomic E-state index is 0.0555. The van der Waals surface area contributed by atoms with E-state index in [2.05, 4.69) is 0 Å². The molecule has 0 spiro atoms. The van der Waals surface area contributed by atoms with E-state index < -0.39 is 12.1 Å². The number of hydrogen-bond donors (Lipinski definition) is 1. The van der Waals surface area contributed by atoms with Crippen LogP contribution in [0.25, 0.3) is 0 Å². The molecule has 2 aliphatic rings. The molecule has 0 aromatic heterocycles. The van der Waals surface area contributed by atoms with Crippen LogP contribution in [0.5, 0.6) is 0 Å². The summed E-state index contributed by atoms with van der Waals surface area (Å²) in [6, 6.07) is 9.90. The van der Waals surface area contributed by atoms with Gasteiger partial charge in [0.05, 0.1) is 31.8 Å². The average Bonchev–Trinajstić information content (AvgIpc) is 2.79. The second-order valence-electron chi connectivity index (χ2n) is 5.98. The van der Waals surface area contributed by atoms with Crippen LogP contribution in [-0.4, -0.2) is 42.6 Å². The summed E-state index contributed by atoms with van der Waals surface area (Å²) in [4.78, 5) is 0. The molecule has 3 rings (SSSR count). The molecule has 0 amide bonds. The van der Waals surface area contributed by atoms with Crippen LogP contribution in [-0.2, 0) is 25.6 Å². The highest BCUT2D eigenvalue weighted by Crippen LogP contribution is 2.37. The Kier molecular flexibility index (Phi) is 4.28. The predicted octanol–water partition coefficient (Wildman–Crippen LogP) is 1.69. The molecule has 1 N–H and O–H groups in total. The van der Waals surface area contributed by atoms with Crippen molar-refractivity contribution < 1.29 is 24.1 Å². The fourth-order valence-electron chi connectivity index (χ4n) is 2.94. The Morgan fingerprint density at radius 3 is 2.71 bits per heavy atom. The molecule has 5 nitrogen and oxygen atoms in total. The molecule has 4 atom stereocenters. The van der Waals surface area contributed by atoms with Gasteiger partial charge in [0.25, 0.3) is 0 Å². The molecule has 0 aliphatic carbocycles. The van der Waals surface area contributed by atoms with E-state index in [1.807, 2.05) is 44.2 Å². The zero-order valence-corrected chi connectivity index (χ0v) is 12.4. The number of hydrogen-bond acceptors (Lipinski definition) is 5. The summed E-state index contributed by atoms with van der Waals surface area (Å²) in [5.41, 5.74) is 1.07. The third kappa shape index (κ3) is 3.27. The monoisotopic (exact) mass is 294 g/mol. The van der Waals surface area contributed by atoms with Crippen molar-refractivity contribution in [1.29, 1.82) is 0 Å². The van der Waals surface area contributed by atoms with E-state index >= 15 is 0 Å². The maximum absolute atomic E-state index is 9.68. The van der Waals surface area contributed by atoms with Crippen LogP contribution >= 0.6 is 0 Å². The van der Waals surface area contributed by atoms with Crippen LogP contribution < -0.4 is 0 Å². The highest BCUT2D eigenvalue weighted by molar-refractivity contribution is 5.13. The van der Waals surface area contributed by atoms with Crippen LogP contribution in [0.2, 0.25) is 0 Å². The second-order valence-corrected chi connectivity index (χ2v) is 5.98. The largest absolute Gasteiger partial charge is 0.396 e. The van der Waals surface area contributed by atoms with Crippen LogP contribution in [0.15, 0.2) is 30.3 Å². The molecular formula is C16H22O5. The Balaban J connectivity index is 1.64. The Morgan fingerprint density at radius 2 is 2.00 bits per heavy atom. The lowest BCUT2D eigenvalue weighted by Gasteiger charge is -2.36. The maximum Gasteiger partial charge on any atom is 0.165 e. The standard InChI is InChI=1S/C16H22O5/c1-16(2)20-13-10-19-15(12(8-17)14(13)21-16)18-9-11-6-4-3-5-7-11/h3-7,12-15,17H,8-10H2,1-2H3/t12?,13-,14?,15+/m0/s1. The van der Waals surface area contributed by atoms with E-state index in [0.29, 0.717) is 13.2 Å². The van der Waals surface area contributed by atoms with Crippen molar-refractivity contribution in [3.8, 4) is 0 Å². The van der Waals surface area contributed by atoms with Gasteiger partial charge in [-0.05, 0) is 19.4 Å². The van der Waals surface area contributed by atoms with Crippen molar-refractivity contribution in [2.75, 3.05) is 13.2 Å². The minimum Gasteiger partial charge on any atom is -0.396 e. The van der Waals surface area contributed by atoms with Crippen LogP contribution in [0.4, 0.5) is 0 Å². The topological polar surface area (TPSA) is 57.2 Å². The van der Waals surface area contributed by atoms with Crippen LogP contribution in [0.3, 0.4) is 0 Å². The van der Waals surface area contributed by atoms with Gasteiger partial charge >= 0.3 is 0 Å². The summed E-state index contributed by atoms with van der Waals surface area (Å²) in [5, 5.41) is 9.68. The Morgan fingerprint density at radius 1 is 1.24 bits per heavy atom. The molecule has 116 valence electrons. The molecule has 2 aliphatic heterocycles. The van der Waals surface area contributed by atoms with E-state index in [-0.39, 0.29) is 24.7 Å². The van der Waals surface area contributed by atoms with Gasteiger partial charge in [0, 0.05) is 0 Å². The molecular weight excluding hydrogens is 272 g/mol. The van der Waals surface area contributed by atoms with Crippen molar-refractivity contribution in [1.82, 2.24) is 0 Å². The molecule has 1 aromatic carbocycles. The van der Waals surface area contributed by atoms with E-state index in [4.69, 9.17) is 18.9 Å². The molecule has 2 fully saturated rings. The van der Waals surface area contributed by atoms with Gasteiger partial charge in [-0.3, -0.25) is 0 Å². The van der Waals surface area contributed by atoms with Gasteiger partial charge < -0.3 is 24.1 Å². The van der Waals surface area contributed by atoms with Crippen molar-refractivity contribution in [3.05, 3.63) is 35.9 Å². The number of rotatable bonds is 4. The number of aliphatic hydroxyl groups excluding tert-OH is 1. The van der Waals surface area contributed by atoms with Crippen molar-refractivity contribution in [2.45, 2.75) is 44.7 Å². The predicted molar refractivity (Wildman–Crippen MR) is 75.4 cm³/mol. The Bertz CT molecular complexity index is 461. The number of benzene rings is 1. The highest BCUT2D eigenvalue weighted by atomic mass is 16.8. The lowest BCUT2D eigenvalue weighted by Crippen LogP contribution is -2.50. The first kappa shape index (κ1) is 14.9. The number of fused-ring (bicyclic) bond motifs is 1. The van der Waals surface area contributed by atoms with Gasteiger partial charge in [-0.1, -0.05) is 30.3 Å². The van der Waals surface area contributed by atoms with E-state index in [1.54, 1.807) is 0 Å². The summed E-state index contributed by atoms with van der Waals surface area (Å²) in [6.07, 6.45) is -0.817. The summed E-state index contributed by atoms with van der Waals surface area (Å²) >= 11 is 0. The van der Waals surface area contributed by atoms with E-state index in [1.165, 1.54) is 0 Å². The molecule has 21 heavy (non-hydrogen) atoms. The van der Waals surface area contributed by atoms with Crippen molar-refractivity contribution in [2.24, 2.45) is 5.92 Å². The summed E-state index contributed by atoms with van der Waals surface area (Å²) in [7, 11) is 0. The molecule has 0 bridgehead atoms. The van der Waals surface area contributed by atoms with Gasteiger partial charge in [-0.15, -0.1) is 0 Å². The molecule has 0 radical (unpaired) electrons. The van der Waals surface area contributed by atoms with Crippen LogP contribution in [0, 0.1) is 5.92 Å². The summed E-state index contributed by atoms with van der Waals surface area (Å²) in [6.45, 7) is 4.56. The molecule has 1 aromatic rings. The van der Waals surface area contributed by atoms with Crippen molar-refractivity contribution >= 4 is 0 Å². The summed E-state index contributed by atoms with van der Waals surface area (Å²) in [5.74, 6) is -0.880. The van der Waals surface area contributed by atoms with E-state index in [0.717, 1.165) is 5.56 Å².